The van der Waals surface area contributed by atoms with Crippen molar-refractivity contribution in [2.75, 3.05) is 6.61 Å². The van der Waals surface area contributed by atoms with Gasteiger partial charge in [0.05, 0.1) is 25.2 Å². The monoisotopic (exact) mass is 249 g/mol. The van der Waals surface area contributed by atoms with Crippen LogP contribution in [0.25, 0.3) is 0 Å². The van der Waals surface area contributed by atoms with E-state index >= 15 is 0 Å². The summed E-state index contributed by atoms with van der Waals surface area (Å²) in [4.78, 5) is 11.3. The Hall–Kier alpha value is -1.39. The largest absolute Gasteiger partial charge is 0.460 e. The fourth-order valence-corrected chi connectivity index (χ4v) is 2.01. The van der Waals surface area contributed by atoms with Gasteiger partial charge in [0.15, 0.2) is 0 Å². The minimum atomic E-state index is -0.248. The van der Waals surface area contributed by atoms with Crippen molar-refractivity contribution in [3.05, 3.63) is 35.9 Å². The van der Waals surface area contributed by atoms with Crippen LogP contribution in [0.4, 0.5) is 0 Å². The fourth-order valence-electron chi connectivity index (χ4n) is 2.01. The van der Waals surface area contributed by atoms with Gasteiger partial charge in [-0.3, -0.25) is 4.79 Å². The third kappa shape index (κ3) is 3.31. The maximum absolute atomic E-state index is 11.3. The SMILES string of the molecule is CC1CC(C(N)COCc2ccccc2)OC1=O. The van der Waals surface area contributed by atoms with Crippen LogP contribution < -0.4 is 5.73 Å². The van der Waals surface area contributed by atoms with Gasteiger partial charge in [-0.25, -0.2) is 0 Å². The summed E-state index contributed by atoms with van der Waals surface area (Å²) in [5.74, 6) is -0.200. The Morgan fingerprint density at radius 1 is 1.44 bits per heavy atom. The van der Waals surface area contributed by atoms with E-state index in [1.807, 2.05) is 37.3 Å². The number of ether oxygens (including phenoxy) is 2. The van der Waals surface area contributed by atoms with E-state index in [1.165, 1.54) is 0 Å². The minimum absolute atomic E-state index is 0.0461. The Morgan fingerprint density at radius 3 is 2.78 bits per heavy atom. The second kappa shape index (κ2) is 5.98. The molecular formula is C14H19NO3. The summed E-state index contributed by atoms with van der Waals surface area (Å²) in [6.07, 6.45) is 0.484. The summed E-state index contributed by atoms with van der Waals surface area (Å²) in [7, 11) is 0. The smallest absolute Gasteiger partial charge is 0.309 e. The summed E-state index contributed by atoms with van der Waals surface area (Å²) in [6, 6.07) is 9.67. The van der Waals surface area contributed by atoms with Gasteiger partial charge in [-0.1, -0.05) is 37.3 Å². The maximum Gasteiger partial charge on any atom is 0.309 e. The van der Waals surface area contributed by atoms with Gasteiger partial charge in [0.1, 0.15) is 6.10 Å². The Bertz CT molecular complexity index is 393. The molecule has 0 spiro atoms. The zero-order chi connectivity index (χ0) is 13.0. The Labute approximate surface area is 107 Å². The number of carbonyl (C=O) groups excluding carboxylic acids is 1. The highest BCUT2D eigenvalue weighted by Crippen LogP contribution is 2.22. The van der Waals surface area contributed by atoms with Gasteiger partial charge in [-0.2, -0.15) is 0 Å². The molecule has 98 valence electrons. The molecule has 2 N–H and O–H groups in total. The van der Waals surface area contributed by atoms with Gasteiger partial charge in [-0.15, -0.1) is 0 Å². The van der Waals surface area contributed by atoms with E-state index in [-0.39, 0.29) is 24.0 Å². The Morgan fingerprint density at radius 2 is 2.17 bits per heavy atom. The molecule has 1 aliphatic rings. The Kier molecular flexibility index (Phi) is 4.33. The number of carbonyl (C=O) groups is 1. The van der Waals surface area contributed by atoms with Crippen molar-refractivity contribution < 1.29 is 14.3 Å². The molecule has 1 aromatic carbocycles. The molecule has 1 saturated heterocycles. The third-order valence-electron chi connectivity index (χ3n) is 3.16. The van der Waals surface area contributed by atoms with Crippen LogP contribution in [0.2, 0.25) is 0 Å². The number of hydrogen-bond donors (Lipinski definition) is 1. The minimum Gasteiger partial charge on any atom is -0.460 e. The van der Waals surface area contributed by atoms with Crippen molar-refractivity contribution in [2.45, 2.75) is 32.1 Å². The van der Waals surface area contributed by atoms with Gasteiger partial charge in [0.2, 0.25) is 0 Å². The second-order valence-corrected chi connectivity index (χ2v) is 4.78. The standard InChI is InChI=1S/C14H19NO3/c1-10-7-13(18-14(10)16)12(15)9-17-8-11-5-3-2-4-6-11/h2-6,10,12-13H,7-9,15H2,1H3. The van der Waals surface area contributed by atoms with Crippen LogP contribution in [-0.4, -0.2) is 24.7 Å². The molecule has 0 aromatic heterocycles. The van der Waals surface area contributed by atoms with Gasteiger partial charge >= 0.3 is 5.97 Å². The zero-order valence-corrected chi connectivity index (χ0v) is 10.5. The highest BCUT2D eigenvalue weighted by molar-refractivity contribution is 5.74. The van der Waals surface area contributed by atoms with Crippen molar-refractivity contribution in [3.63, 3.8) is 0 Å². The van der Waals surface area contributed by atoms with Crippen LogP contribution in [0.5, 0.6) is 0 Å². The molecule has 3 atom stereocenters. The summed E-state index contributed by atoms with van der Waals surface area (Å²) < 4.78 is 10.7. The lowest BCUT2D eigenvalue weighted by Crippen LogP contribution is -2.38. The summed E-state index contributed by atoms with van der Waals surface area (Å²) in [5, 5.41) is 0. The molecule has 0 aliphatic carbocycles. The lowest BCUT2D eigenvalue weighted by Gasteiger charge is -2.18. The van der Waals surface area contributed by atoms with Crippen LogP contribution in [0.3, 0.4) is 0 Å². The summed E-state index contributed by atoms with van der Waals surface area (Å²) in [6.45, 7) is 2.80. The van der Waals surface area contributed by atoms with E-state index < -0.39 is 0 Å². The third-order valence-corrected chi connectivity index (χ3v) is 3.16. The predicted octanol–water partition coefficient (Wildman–Crippen LogP) is 1.48. The average molecular weight is 249 g/mol. The van der Waals surface area contributed by atoms with E-state index in [0.717, 1.165) is 5.56 Å². The van der Waals surface area contributed by atoms with Crippen LogP contribution in [0.15, 0.2) is 30.3 Å². The normalized spacial score (nSPS) is 24.9. The molecule has 1 aliphatic heterocycles. The van der Waals surface area contributed by atoms with Crippen molar-refractivity contribution >= 4 is 5.97 Å². The molecule has 0 amide bonds. The van der Waals surface area contributed by atoms with E-state index in [0.29, 0.717) is 19.6 Å². The average Bonchev–Trinajstić information content (AvgIpc) is 2.71. The highest BCUT2D eigenvalue weighted by atomic mass is 16.6. The molecule has 4 heteroatoms. The van der Waals surface area contributed by atoms with Crippen LogP contribution in [0.1, 0.15) is 18.9 Å². The molecule has 2 rings (SSSR count). The number of nitrogens with two attached hydrogens (primary N) is 1. The Balaban J connectivity index is 1.72. The summed E-state index contributed by atoms with van der Waals surface area (Å²) >= 11 is 0. The summed E-state index contributed by atoms with van der Waals surface area (Å²) in [5.41, 5.74) is 7.08. The van der Waals surface area contributed by atoms with Crippen LogP contribution >= 0.6 is 0 Å². The van der Waals surface area contributed by atoms with Crippen molar-refractivity contribution in [1.82, 2.24) is 0 Å². The predicted molar refractivity (Wildman–Crippen MR) is 67.7 cm³/mol. The lowest BCUT2D eigenvalue weighted by molar-refractivity contribution is -0.145. The molecule has 1 aromatic rings. The fraction of sp³-hybridized carbons (Fsp3) is 0.500. The van der Waals surface area contributed by atoms with E-state index in [4.69, 9.17) is 15.2 Å². The van der Waals surface area contributed by atoms with Crippen molar-refractivity contribution in [2.24, 2.45) is 11.7 Å². The maximum atomic E-state index is 11.3. The first-order valence-electron chi connectivity index (χ1n) is 6.24. The first kappa shape index (κ1) is 13.1. The van der Waals surface area contributed by atoms with Gasteiger partial charge in [0, 0.05) is 0 Å². The van der Waals surface area contributed by atoms with Crippen molar-refractivity contribution in [1.29, 1.82) is 0 Å². The van der Waals surface area contributed by atoms with Crippen molar-refractivity contribution in [3.8, 4) is 0 Å². The van der Waals surface area contributed by atoms with E-state index in [9.17, 15) is 4.79 Å². The molecule has 0 radical (unpaired) electrons. The molecule has 1 fully saturated rings. The molecule has 3 unspecified atom stereocenters. The second-order valence-electron chi connectivity index (χ2n) is 4.78. The molecule has 4 nitrogen and oxygen atoms in total. The molecule has 0 bridgehead atoms. The number of hydrogen-bond acceptors (Lipinski definition) is 4. The first-order chi connectivity index (χ1) is 8.66. The van der Waals surface area contributed by atoms with E-state index in [2.05, 4.69) is 0 Å². The van der Waals surface area contributed by atoms with Crippen LogP contribution in [0, 0.1) is 5.92 Å². The topological polar surface area (TPSA) is 61.6 Å². The van der Waals surface area contributed by atoms with Gasteiger partial charge < -0.3 is 15.2 Å². The number of cyclic esters (lactones) is 1. The number of rotatable bonds is 5. The quantitative estimate of drug-likeness (QED) is 0.803. The van der Waals surface area contributed by atoms with Crippen LogP contribution in [-0.2, 0) is 20.9 Å². The molecule has 0 saturated carbocycles. The molecule has 18 heavy (non-hydrogen) atoms. The number of benzene rings is 1. The lowest BCUT2D eigenvalue weighted by atomic mass is 10.0. The van der Waals surface area contributed by atoms with Gasteiger partial charge in [0.25, 0.3) is 0 Å². The highest BCUT2D eigenvalue weighted by Gasteiger charge is 2.34. The first-order valence-corrected chi connectivity index (χ1v) is 6.24. The molecular weight excluding hydrogens is 230 g/mol. The van der Waals surface area contributed by atoms with Gasteiger partial charge in [-0.05, 0) is 12.0 Å². The number of esters is 1. The zero-order valence-electron chi connectivity index (χ0n) is 10.5. The van der Waals surface area contributed by atoms with E-state index in [1.54, 1.807) is 0 Å². The molecule has 1 heterocycles.